The summed E-state index contributed by atoms with van der Waals surface area (Å²) in [4.78, 5) is 12.3. The summed E-state index contributed by atoms with van der Waals surface area (Å²) in [5.74, 6) is -0.807. The molecule has 0 fully saturated rings. The zero-order chi connectivity index (χ0) is 15.4. The van der Waals surface area contributed by atoms with Gasteiger partial charge >= 0.3 is 0 Å². The normalized spacial score (nSPS) is 10.7. The van der Waals surface area contributed by atoms with E-state index in [0.717, 1.165) is 6.07 Å². The number of amides is 1. The van der Waals surface area contributed by atoms with Crippen molar-refractivity contribution in [2.24, 2.45) is 0 Å². The number of carbonyl (C=O) groups is 1. The van der Waals surface area contributed by atoms with E-state index in [1.54, 1.807) is 30.0 Å². The first kappa shape index (κ1) is 16.0. The SMILES string of the molecule is COCCn1cccc1C(=O)Nc1c(Cl)cc(F)cc1Br. The highest BCUT2D eigenvalue weighted by Crippen LogP contribution is 2.32. The molecule has 0 saturated heterocycles. The van der Waals surface area contributed by atoms with Crippen LogP contribution in [0.1, 0.15) is 10.5 Å². The number of methoxy groups -OCH3 is 1. The minimum absolute atomic E-state index is 0.130. The van der Waals surface area contributed by atoms with Gasteiger partial charge in [-0.15, -0.1) is 0 Å². The Bertz CT molecular complexity index is 637. The van der Waals surface area contributed by atoms with Gasteiger partial charge in [0.05, 0.1) is 17.3 Å². The molecule has 2 aromatic rings. The van der Waals surface area contributed by atoms with Gasteiger partial charge < -0.3 is 14.6 Å². The number of anilines is 1. The number of rotatable bonds is 5. The zero-order valence-electron chi connectivity index (χ0n) is 11.2. The second-order valence-electron chi connectivity index (χ2n) is 4.28. The second-order valence-corrected chi connectivity index (χ2v) is 5.54. The van der Waals surface area contributed by atoms with Crippen LogP contribution in [0.25, 0.3) is 0 Å². The molecule has 0 radical (unpaired) electrons. The third-order valence-corrected chi connectivity index (χ3v) is 3.77. The molecule has 112 valence electrons. The molecule has 1 heterocycles. The summed E-state index contributed by atoms with van der Waals surface area (Å²) in [5, 5.41) is 2.81. The summed E-state index contributed by atoms with van der Waals surface area (Å²) in [6.45, 7) is 1.06. The number of hydrogen-bond donors (Lipinski definition) is 1. The quantitative estimate of drug-likeness (QED) is 0.860. The van der Waals surface area contributed by atoms with Crippen molar-refractivity contribution in [3.8, 4) is 0 Å². The van der Waals surface area contributed by atoms with Crippen molar-refractivity contribution in [1.82, 2.24) is 4.57 Å². The van der Waals surface area contributed by atoms with E-state index in [4.69, 9.17) is 16.3 Å². The maximum Gasteiger partial charge on any atom is 0.272 e. The molecule has 0 unspecified atom stereocenters. The van der Waals surface area contributed by atoms with E-state index in [1.807, 2.05) is 0 Å². The number of hydrogen-bond acceptors (Lipinski definition) is 2. The lowest BCUT2D eigenvalue weighted by Gasteiger charge is -2.12. The lowest BCUT2D eigenvalue weighted by Crippen LogP contribution is -2.18. The molecule has 0 aliphatic heterocycles. The predicted molar refractivity (Wildman–Crippen MR) is 83.4 cm³/mol. The fraction of sp³-hybridized carbons (Fsp3) is 0.214. The van der Waals surface area contributed by atoms with E-state index in [2.05, 4.69) is 21.2 Å². The van der Waals surface area contributed by atoms with Gasteiger partial charge in [0.2, 0.25) is 0 Å². The van der Waals surface area contributed by atoms with Crippen molar-refractivity contribution in [3.05, 3.63) is 51.5 Å². The molecule has 1 N–H and O–H groups in total. The zero-order valence-corrected chi connectivity index (χ0v) is 13.5. The van der Waals surface area contributed by atoms with Gasteiger partial charge in [-0.25, -0.2) is 4.39 Å². The first-order chi connectivity index (χ1) is 10.0. The summed E-state index contributed by atoms with van der Waals surface area (Å²) in [5.41, 5.74) is 0.807. The molecular formula is C14H13BrClFN2O2. The largest absolute Gasteiger partial charge is 0.383 e. The molecule has 1 aromatic heterocycles. The van der Waals surface area contributed by atoms with E-state index < -0.39 is 5.82 Å². The Morgan fingerprint density at radius 1 is 1.52 bits per heavy atom. The third kappa shape index (κ3) is 3.84. The number of benzene rings is 1. The van der Waals surface area contributed by atoms with Crippen molar-refractivity contribution in [3.63, 3.8) is 0 Å². The van der Waals surface area contributed by atoms with Crippen molar-refractivity contribution >= 4 is 39.1 Å². The number of nitrogens with one attached hydrogen (secondary N) is 1. The van der Waals surface area contributed by atoms with E-state index >= 15 is 0 Å². The summed E-state index contributed by atoms with van der Waals surface area (Å²) in [6.07, 6.45) is 1.79. The number of ether oxygens (including phenoxy) is 1. The Balaban J connectivity index is 2.21. The summed E-state index contributed by atoms with van der Waals surface area (Å²) in [6, 6.07) is 5.85. The standard InChI is InChI=1S/C14H13BrClFN2O2/c1-21-6-5-19-4-2-3-12(19)14(20)18-13-10(15)7-9(17)8-11(13)16/h2-4,7-8H,5-6H2,1H3,(H,18,20). The smallest absolute Gasteiger partial charge is 0.272 e. The van der Waals surface area contributed by atoms with Crippen LogP contribution in [-0.4, -0.2) is 24.2 Å². The molecule has 0 aliphatic carbocycles. The molecule has 1 aromatic carbocycles. The maximum absolute atomic E-state index is 13.2. The van der Waals surface area contributed by atoms with Crippen LogP contribution in [0.15, 0.2) is 34.9 Å². The Morgan fingerprint density at radius 3 is 2.95 bits per heavy atom. The molecule has 0 aliphatic rings. The summed E-state index contributed by atoms with van der Waals surface area (Å²) in [7, 11) is 1.60. The van der Waals surface area contributed by atoms with Crippen LogP contribution in [0, 0.1) is 5.82 Å². The van der Waals surface area contributed by atoms with Crippen molar-refractivity contribution in [2.75, 3.05) is 19.0 Å². The average molecular weight is 376 g/mol. The minimum Gasteiger partial charge on any atom is -0.383 e. The van der Waals surface area contributed by atoms with Crippen LogP contribution in [0.3, 0.4) is 0 Å². The van der Waals surface area contributed by atoms with Gasteiger partial charge in [0, 0.05) is 24.3 Å². The van der Waals surface area contributed by atoms with Gasteiger partial charge in [-0.1, -0.05) is 11.6 Å². The van der Waals surface area contributed by atoms with Crippen LogP contribution < -0.4 is 5.32 Å². The molecule has 1 amide bonds. The molecule has 0 spiro atoms. The maximum atomic E-state index is 13.2. The average Bonchev–Trinajstić information content (AvgIpc) is 2.88. The van der Waals surface area contributed by atoms with E-state index in [-0.39, 0.29) is 10.9 Å². The van der Waals surface area contributed by atoms with Gasteiger partial charge in [-0.2, -0.15) is 0 Å². The van der Waals surface area contributed by atoms with Gasteiger partial charge in [-0.05, 0) is 40.2 Å². The Kier molecular flexibility index (Phi) is 5.39. The molecular weight excluding hydrogens is 363 g/mol. The van der Waals surface area contributed by atoms with E-state index in [1.165, 1.54) is 6.07 Å². The molecule has 21 heavy (non-hydrogen) atoms. The van der Waals surface area contributed by atoms with Gasteiger partial charge in [0.15, 0.2) is 0 Å². The topological polar surface area (TPSA) is 43.3 Å². The van der Waals surface area contributed by atoms with E-state index in [9.17, 15) is 9.18 Å². The Labute approximate surface area is 135 Å². The van der Waals surface area contributed by atoms with Crippen molar-refractivity contribution in [1.29, 1.82) is 0 Å². The summed E-state index contributed by atoms with van der Waals surface area (Å²) >= 11 is 9.14. The molecule has 0 saturated carbocycles. The highest BCUT2D eigenvalue weighted by molar-refractivity contribution is 9.10. The van der Waals surface area contributed by atoms with Crippen LogP contribution in [0.4, 0.5) is 10.1 Å². The molecule has 0 bridgehead atoms. The summed E-state index contributed by atoms with van der Waals surface area (Å²) < 4.78 is 20.3. The second kappa shape index (κ2) is 7.06. The van der Waals surface area contributed by atoms with Crippen molar-refractivity contribution < 1.29 is 13.9 Å². The fourth-order valence-corrected chi connectivity index (χ4v) is 2.74. The first-order valence-corrected chi connectivity index (χ1v) is 7.30. The molecule has 4 nitrogen and oxygen atoms in total. The Hall–Kier alpha value is -1.37. The highest BCUT2D eigenvalue weighted by atomic mass is 79.9. The van der Waals surface area contributed by atoms with E-state index in [0.29, 0.717) is 29.0 Å². The number of nitrogens with zero attached hydrogens (tertiary/aromatic N) is 1. The lowest BCUT2D eigenvalue weighted by atomic mass is 10.3. The molecule has 2 rings (SSSR count). The lowest BCUT2D eigenvalue weighted by molar-refractivity contribution is 0.101. The highest BCUT2D eigenvalue weighted by Gasteiger charge is 2.15. The monoisotopic (exact) mass is 374 g/mol. The van der Waals surface area contributed by atoms with Gasteiger partial charge in [-0.3, -0.25) is 4.79 Å². The van der Waals surface area contributed by atoms with Gasteiger partial charge in [0.1, 0.15) is 11.5 Å². The van der Waals surface area contributed by atoms with Crippen LogP contribution in [0.2, 0.25) is 5.02 Å². The molecule has 7 heteroatoms. The van der Waals surface area contributed by atoms with Crippen LogP contribution in [-0.2, 0) is 11.3 Å². The predicted octanol–water partition coefficient (Wildman–Crippen LogP) is 3.94. The van der Waals surface area contributed by atoms with Crippen molar-refractivity contribution in [2.45, 2.75) is 6.54 Å². The van der Waals surface area contributed by atoms with Crippen LogP contribution >= 0.6 is 27.5 Å². The molecule has 0 atom stereocenters. The number of carbonyl (C=O) groups excluding carboxylic acids is 1. The third-order valence-electron chi connectivity index (χ3n) is 2.84. The Morgan fingerprint density at radius 2 is 2.29 bits per heavy atom. The first-order valence-electron chi connectivity index (χ1n) is 6.13. The number of halogens is 3. The van der Waals surface area contributed by atoms with Crippen LogP contribution in [0.5, 0.6) is 0 Å². The fourth-order valence-electron chi connectivity index (χ4n) is 1.84. The van der Waals surface area contributed by atoms with Gasteiger partial charge in [0.25, 0.3) is 5.91 Å². The minimum atomic E-state index is -0.478. The number of aromatic nitrogens is 1.